The number of ether oxygens (including phenoxy) is 1. The number of H-pyrrole nitrogens is 1. The number of nitrogens with zero attached hydrogens (tertiary/aromatic N) is 1. The number of aromatic nitrogens is 1. The molecule has 0 bridgehead atoms. The van der Waals surface area contributed by atoms with Crippen molar-refractivity contribution in [1.29, 1.82) is 0 Å². The van der Waals surface area contributed by atoms with Crippen molar-refractivity contribution in [2.45, 2.75) is 39.3 Å². The average molecular weight is 422 g/mol. The van der Waals surface area contributed by atoms with Crippen LogP contribution in [0, 0.1) is 13.8 Å². The van der Waals surface area contributed by atoms with E-state index in [1.165, 1.54) is 5.56 Å². The molecular formula is C24H27N3O2S. The fraction of sp³-hybridized carbons (Fsp3) is 0.333. The second-order valence-electron chi connectivity index (χ2n) is 8.03. The molecule has 3 aromatic rings. The van der Waals surface area contributed by atoms with Crippen LogP contribution < -0.4 is 10.9 Å². The average Bonchev–Trinajstić information content (AvgIpc) is 3.23. The van der Waals surface area contributed by atoms with E-state index in [0.717, 1.165) is 41.6 Å². The van der Waals surface area contributed by atoms with Crippen LogP contribution in [0.4, 0.5) is 5.69 Å². The van der Waals surface area contributed by atoms with E-state index in [2.05, 4.69) is 30.2 Å². The highest BCUT2D eigenvalue weighted by Crippen LogP contribution is 2.18. The first-order valence-corrected chi connectivity index (χ1v) is 10.8. The van der Waals surface area contributed by atoms with Crippen molar-refractivity contribution in [2.75, 3.05) is 18.5 Å². The molecule has 0 radical (unpaired) electrons. The van der Waals surface area contributed by atoms with Gasteiger partial charge in [-0.05, 0) is 74.6 Å². The standard InChI is InChI=1S/C24H27N3O2S/c1-16-5-8-20(9-6-16)25-24(30)27(15-21-4-3-11-29-21)14-19-13-18-12-17(2)7-10-22(18)26-23(19)28/h5-10,12-13,21H,3-4,11,14-15H2,1-2H3,(H,25,30)(H,26,28)/t21-/m0/s1. The van der Waals surface area contributed by atoms with E-state index in [1.54, 1.807) is 0 Å². The van der Waals surface area contributed by atoms with Crippen molar-refractivity contribution in [3.63, 3.8) is 0 Å². The molecule has 5 nitrogen and oxygen atoms in total. The van der Waals surface area contributed by atoms with Crippen molar-refractivity contribution in [3.05, 3.63) is 75.6 Å². The third kappa shape index (κ3) is 4.89. The summed E-state index contributed by atoms with van der Waals surface area (Å²) < 4.78 is 5.84. The summed E-state index contributed by atoms with van der Waals surface area (Å²) in [5, 5.41) is 4.94. The molecule has 0 saturated carbocycles. The SMILES string of the molecule is Cc1ccc(NC(=S)N(Cc2cc3cc(C)ccc3[nH]c2=O)C[C@@H]2CCCO2)cc1. The monoisotopic (exact) mass is 421 g/mol. The zero-order valence-corrected chi connectivity index (χ0v) is 18.2. The van der Waals surface area contributed by atoms with Gasteiger partial charge < -0.3 is 19.9 Å². The Hall–Kier alpha value is -2.70. The second kappa shape index (κ2) is 8.98. The second-order valence-corrected chi connectivity index (χ2v) is 8.41. The molecule has 6 heteroatoms. The quantitative estimate of drug-likeness (QED) is 0.593. The molecule has 4 rings (SSSR count). The fourth-order valence-corrected chi connectivity index (χ4v) is 4.04. The lowest BCUT2D eigenvalue weighted by atomic mass is 10.1. The predicted octanol–water partition coefficient (Wildman–Crippen LogP) is 4.52. The molecule has 1 aromatic heterocycles. The van der Waals surface area contributed by atoms with Gasteiger partial charge in [-0.25, -0.2) is 0 Å². The van der Waals surface area contributed by atoms with Gasteiger partial charge in [-0.2, -0.15) is 0 Å². The van der Waals surface area contributed by atoms with Gasteiger partial charge in [-0.3, -0.25) is 4.79 Å². The Labute approximate surface area is 182 Å². The Bertz CT molecular complexity index is 1100. The first-order chi connectivity index (χ1) is 14.5. The lowest BCUT2D eigenvalue weighted by Gasteiger charge is -2.28. The first-order valence-electron chi connectivity index (χ1n) is 10.3. The first kappa shape index (κ1) is 20.6. The molecule has 0 spiro atoms. The molecule has 2 heterocycles. The highest BCUT2D eigenvalue weighted by Gasteiger charge is 2.22. The summed E-state index contributed by atoms with van der Waals surface area (Å²) in [6.45, 7) is 5.97. The number of anilines is 1. The number of thiocarbonyl (C=S) groups is 1. The predicted molar refractivity (Wildman–Crippen MR) is 126 cm³/mol. The summed E-state index contributed by atoms with van der Waals surface area (Å²) in [5.74, 6) is 0. The highest BCUT2D eigenvalue weighted by molar-refractivity contribution is 7.80. The Balaban J connectivity index is 1.59. The molecule has 30 heavy (non-hydrogen) atoms. The van der Waals surface area contributed by atoms with Gasteiger partial charge in [0, 0.05) is 29.9 Å². The molecule has 0 amide bonds. The van der Waals surface area contributed by atoms with Crippen LogP contribution in [0.1, 0.15) is 29.5 Å². The van der Waals surface area contributed by atoms with E-state index >= 15 is 0 Å². The molecule has 1 saturated heterocycles. The number of aromatic amines is 1. The van der Waals surface area contributed by atoms with E-state index in [4.69, 9.17) is 17.0 Å². The van der Waals surface area contributed by atoms with Crippen LogP contribution in [0.25, 0.3) is 10.9 Å². The van der Waals surface area contributed by atoms with Crippen molar-refractivity contribution in [1.82, 2.24) is 9.88 Å². The van der Waals surface area contributed by atoms with Gasteiger partial charge in [-0.1, -0.05) is 29.3 Å². The minimum absolute atomic E-state index is 0.0816. The molecule has 1 aliphatic heterocycles. The van der Waals surface area contributed by atoms with E-state index in [9.17, 15) is 4.79 Å². The van der Waals surface area contributed by atoms with Gasteiger partial charge in [0.2, 0.25) is 0 Å². The number of aryl methyl sites for hydroxylation is 2. The number of hydrogen-bond acceptors (Lipinski definition) is 3. The molecule has 156 valence electrons. The Morgan fingerprint density at radius 1 is 1.17 bits per heavy atom. The zero-order valence-electron chi connectivity index (χ0n) is 17.4. The van der Waals surface area contributed by atoms with Gasteiger partial charge in [0.1, 0.15) is 0 Å². The van der Waals surface area contributed by atoms with Gasteiger partial charge in [0.05, 0.1) is 12.6 Å². The Kier molecular flexibility index (Phi) is 6.16. The van der Waals surface area contributed by atoms with E-state index in [1.807, 2.05) is 47.4 Å². The third-order valence-corrected chi connectivity index (χ3v) is 5.84. The summed E-state index contributed by atoms with van der Waals surface area (Å²) >= 11 is 5.73. The van der Waals surface area contributed by atoms with Gasteiger partial charge in [-0.15, -0.1) is 0 Å². The summed E-state index contributed by atoms with van der Waals surface area (Å²) in [6.07, 6.45) is 2.20. The Morgan fingerprint density at radius 3 is 2.67 bits per heavy atom. The van der Waals surface area contributed by atoms with E-state index in [-0.39, 0.29) is 11.7 Å². The number of hydrogen-bond donors (Lipinski definition) is 2. The zero-order chi connectivity index (χ0) is 21.1. The maximum atomic E-state index is 12.7. The van der Waals surface area contributed by atoms with Crippen LogP contribution in [0.5, 0.6) is 0 Å². The molecule has 0 aliphatic carbocycles. The minimum atomic E-state index is -0.0816. The number of rotatable bonds is 5. The van der Waals surface area contributed by atoms with Crippen molar-refractivity contribution < 1.29 is 4.74 Å². The molecule has 1 fully saturated rings. The summed E-state index contributed by atoms with van der Waals surface area (Å²) in [4.78, 5) is 17.8. The molecular weight excluding hydrogens is 394 g/mol. The third-order valence-electron chi connectivity index (χ3n) is 5.48. The van der Waals surface area contributed by atoms with Crippen molar-refractivity contribution in [3.8, 4) is 0 Å². The number of benzene rings is 2. The molecule has 1 aliphatic rings. The molecule has 1 atom stereocenters. The topological polar surface area (TPSA) is 57.4 Å². The lowest BCUT2D eigenvalue weighted by molar-refractivity contribution is 0.0904. The maximum absolute atomic E-state index is 12.7. The van der Waals surface area contributed by atoms with E-state index < -0.39 is 0 Å². The van der Waals surface area contributed by atoms with Crippen LogP contribution in [0.15, 0.2) is 53.3 Å². The Morgan fingerprint density at radius 2 is 1.93 bits per heavy atom. The van der Waals surface area contributed by atoms with E-state index in [0.29, 0.717) is 23.8 Å². The number of pyridine rings is 1. The van der Waals surface area contributed by atoms with Gasteiger partial charge >= 0.3 is 0 Å². The normalized spacial score (nSPS) is 16.0. The van der Waals surface area contributed by atoms with Crippen molar-refractivity contribution >= 4 is 33.9 Å². The largest absolute Gasteiger partial charge is 0.376 e. The molecule has 2 aromatic carbocycles. The molecule has 0 unspecified atom stereocenters. The van der Waals surface area contributed by atoms with Crippen LogP contribution in [0.2, 0.25) is 0 Å². The minimum Gasteiger partial charge on any atom is -0.376 e. The fourth-order valence-electron chi connectivity index (χ4n) is 3.79. The smallest absolute Gasteiger partial charge is 0.253 e. The van der Waals surface area contributed by atoms with Crippen LogP contribution in [0.3, 0.4) is 0 Å². The maximum Gasteiger partial charge on any atom is 0.253 e. The summed E-state index contributed by atoms with van der Waals surface area (Å²) in [7, 11) is 0. The lowest BCUT2D eigenvalue weighted by Crippen LogP contribution is -2.40. The number of fused-ring (bicyclic) bond motifs is 1. The summed E-state index contributed by atoms with van der Waals surface area (Å²) in [5.41, 5.74) is 4.75. The van der Waals surface area contributed by atoms with Crippen LogP contribution in [-0.4, -0.2) is 34.3 Å². The van der Waals surface area contributed by atoms with Crippen LogP contribution >= 0.6 is 12.2 Å². The summed E-state index contributed by atoms with van der Waals surface area (Å²) in [6, 6.07) is 16.1. The molecule has 2 N–H and O–H groups in total. The van der Waals surface area contributed by atoms with Crippen molar-refractivity contribution in [2.24, 2.45) is 0 Å². The van der Waals surface area contributed by atoms with Gasteiger partial charge in [0.25, 0.3) is 5.56 Å². The van der Waals surface area contributed by atoms with Gasteiger partial charge in [0.15, 0.2) is 5.11 Å². The highest BCUT2D eigenvalue weighted by atomic mass is 32.1. The number of nitrogens with one attached hydrogen (secondary N) is 2. The van der Waals surface area contributed by atoms with Crippen LogP contribution in [-0.2, 0) is 11.3 Å².